The van der Waals surface area contributed by atoms with E-state index < -0.39 is 12.0 Å². The van der Waals surface area contributed by atoms with Crippen LogP contribution in [0.1, 0.15) is 24.9 Å². The molecule has 1 rings (SSSR count). The molecule has 1 aromatic carbocycles. The minimum absolute atomic E-state index is 0.364. The van der Waals surface area contributed by atoms with E-state index in [1.807, 2.05) is 6.92 Å². The largest absolute Gasteiger partial charge is 0.480 e. The second kappa shape index (κ2) is 6.09. The zero-order valence-corrected chi connectivity index (χ0v) is 10.3. The van der Waals surface area contributed by atoms with Gasteiger partial charge in [-0.15, -0.1) is 0 Å². The number of carboxylic acid groups (broad SMARTS) is 1. The zero-order valence-electron chi connectivity index (χ0n) is 8.84. The van der Waals surface area contributed by atoms with Crippen molar-refractivity contribution in [2.45, 2.75) is 19.4 Å². The Morgan fingerprint density at radius 2 is 2.19 bits per heavy atom. The first kappa shape index (κ1) is 13.3. The molecule has 0 aliphatic rings. The van der Waals surface area contributed by atoms with Crippen molar-refractivity contribution in [1.82, 2.24) is 5.32 Å². The minimum atomic E-state index is -0.947. The van der Waals surface area contributed by atoms with Crippen LogP contribution in [0, 0.1) is 0 Å². The normalized spacial score (nSPS) is 12.4. The molecular formula is C11H13Cl2NO2. The predicted octanol–water partition coefficient (Wildman–Crippen LogP) is 3.12. The lowest BCUT2D eigenvalue weighted by molar-refractivity contribution is -0.139. The molecule has 0 saturated heterocycles. The molecule has 0 amide bonds. The van der Waals surface area contributed by atoms with Crippen molar-refractivity contribution >= 4 is 29.2 Å². The monoisotopic (exact) mass is 261 g/mol. The topological polar surface area (TPSA) is 49.3 Å². The Morgan fingerprint density at radius 1 is 1.50 bits per heavy atom. The fraction of sp³-hybridized carbons (Fsp3) is 0.364. The van der Waals surface area contributed by atoms with Gasteiger partial charge in [0.1, 0.15) is 6.04 Å². The number of hydrogen-bond acceptors (Lipinski definition) is 2. The van der Waals surface area contributed by atoms with Gasteiger partial charge in [0.2, 0.25) is 0 Å². The highest BCUT2D eigenvalue weighted by Crippen LogP contribution is 2.26. The summed E-state index contributed by atoms with van der Waals surface area (Å²) < 4.78 is 0. The van der Waals surface area contributed by atoms with E-state index in [1.54, 1.807) is 18.2 Å². The van der Waals surface area contributed by atoms with Crippen LogP contribution in [0.3, 0.4) is 0 Å². The molecule has 0 heterocycles. The van der Waals surface area contributed by atoms with E-state index in [-0.39, 0.29) is 0 Å². The third kappa shape index (κ3) is 3.37. The van der Waals surface area contributed by atoms with Gasteiger partial charge in [-0.3, -0.25) is 4.79 Å². The molecule has 88 valence electrons. The number of benzene rings is 1. The molecule has 0 radical (unpaired) electrons. The second-order valence-corrected chi connectivity index (χ2v) is 4.23. The van der Waals surface area contributed by atoms with Crippen molar-refractivity contribution < 1.29 is 9.90 Å². The number of nitrogens with one attached hydrogen (secondary N) is 1. The van der Waals surface area contributed by atoms with Crippen LogP contribution in [0.4, 0.5) is 0 Å². The summed E-state index contributed by atoms with van der Waals surface area (Å²) in [6.45, 7) is 2.59. The third-order valence-corrected chi connectivity index (χ3v) is 2.68. The number of aliphatic carboxylic acids is 1. The lowest BCUT2D eigenvalue weighted by atomic mass is 10.1. The van der Waals surface area contributed by atoms with E-state index in [0.717, 1.165) is 6.42 Å². The van der Waals surface area contributed by atoms with Crippen LogP contribution in [0.15, 0.2) is 18.2 Å². The average molecular weight is 262 g/mol. The summed E-state index contributed by atoms with van der Waals surface area (Å²) in [6.07, 6.45) is 0.856. The average Bonchev–Trinajstić information content (AvgIpc) is 2.20. The maximum atomic E-state index is 11.1. The Labute approximate surface area is 104 Å². The van der Waals surface area contributed by atoms with Gasteiger partial charge in [0.25, 0.3) is 0 Å². The first-order chi connectivity index (χ1) is 7.56. The van der Waals surface area contributed by atoms with Gasteiger partial charge in [-0.05, 0) is 30.7 Å². The molecular weight excluding hydrogens is 249 g/mol. The predicted molar refractivity (Wildman–Crippen MR) is 65.1 cm³/mol. The van der Waals surface area contributed by atoms with E-state index in [9.17, 15) is 4.79 Å². The van der Waals surface area contributed by atoms with Crippen LogP contribution in [0.25, 0.3) is 0 Å². The molecule has 0 aliphatic carbocycles. The van der Waals surface area contributed by atoms with Crippen LogP contribution in [-0.4, -0.2) is 17.6 Å². The molecule has 0 fully saturated rings. The quantitative estimate of drug-likeness (QED) is 0.857. The van der Waals surface area contributed by atoms with Crippen LogP contribution < -0.4 is 5.32 Å². The minimum Gasteiger partial charge on any atom is -0.480 e. The van der Waals surface area contributed by atoms with Gasteiger partial charge in [-0.1, -0.05) is 36.2 Å². The van der Waals surface area contributed by atoms with Gasteiger partial charge in [-0.2, -0.15) is 0 Å². The fourth-order valence-corrected chi connectivity index (χ4v) is 1.87. The molecule has 0 spiro atoms. The van der Waals surface area contributed by atoms with Crippen LogP contribution in [0.2, 0.25) is 10.0 Å². The Bertz CT molecular complexity index is 382. The summed E-state index contributed by atoms with van der Waals surface area (Å²) in [4.78, 5) is 11.1. The van der Waals surface area contributed by atoms with Gasteiger partial charge in [0, 0.05) is 10.0 Å². The molecule has 3 nitrogen and oxygen atoms in total. The standard InChI is InChI=1S/C11H13Cl2NO2/c1-2-5-14-10(11(15)16)8-4-3-7(12)6-9(8)13/h3-4,6,10,14H,2,5H2,1H3,(H,15,16). The van der Waals surface area contributed by atoms with Gasteiger partial charge in [0.05, 0.1) is 0 Å². The Kier molecular flexibility index (Phi) is 5.06. The third-order valence-electron chi connectivity index (χ3n) is 2.12. The van der Waals surface area contributed by atoms with Crippen molar-refractivity contribution in [2.24, 2.45) is 0 Å². The van der Waals surface area contributed by atoms with Crippen molar-refractivity contribution in [3.63, 3.8) is 0 Å². The van der Waals surface area contributed by atoms with Crippen LogP contribution in [-0.2, 0) is 4.79 Å². The number of carbonyl (C=O) groups is 1. The maximum Gasteiger partial charge on any atom is 0.325 e. The SMILES string of the molecule is CCCNC(C(=O)O)c1ccc(Cl)cc1Cl. The van der Waals surface area contributed by atoms with Crippen LogP contribution >= 0.6 is 23.2 Å². The molecule has 0 aliphatic heterocycles. The summed E-state index contributed by atoms with van der Waals surface area (Å²) in [5, 5.41) is 12.9. The van der Waals surface area contributed by atoms with Crippen molar-refractivity contribution in [3.05, 3.63) is 33.8 Å². The number of rotatable bonds is 5. The molecule has 0 bridgehead atoms. The molecule has 0 saturated carbocycles. The molecule has 1 aromatic rings. The fourth-order valence-electron chi connectivity index (χ4n) is 1.35. The van der Waals surface area contributed by atoms with E-state index in [4.69, 9.17) is 28.3 Å². The highest BCUT2D eigenvalue weighted by molar-refractivity contribution is 6.35. The lowest BCUT2D eigenvalue weighted by Crippen LogP contribution is -2.29. The summed E-state index contributed by atoms with van der Waals surface area (Å²) >= 11 is 11.7. The summed E-state index contributed by atoms with van der Waals surface area (Å²) in [5.74, 6) is -0.947. The Balaban J connectivity index is 2.96. The summed E-state index contributed by atoms with van der Waals surface area (Å²) in [7, 11) is 0. The lowest BCUT2D eigenvalue weighted by Gasteiger charge is -2.15. The Morgan fingerprint density at radius 3 is 2.69 bits per heavy atom. The molecule has 2 N–H and O–H groups in total. The van der Waals surface area contributed by atoms with Gasteiger partial charge < -0.3 is 10.4 Å². The molecule has 1 atom stereocenters. The number of halogens is 2. The Hall–Kier alpha value is -0.770. The van der Waals surface area contributed by atoms with Crippen molar-refractivity contribution in [1.29, 1.82) is 0 Å². The summed E-state index contributed by atoms with van der Waals surface area (Å²) in [6, 6.07) is 4.02. The van der Waals surface area contributed by atoms with Crippen LogP contribution in [0.5, 0.6) is 0 Å². The first-order valence-corrected chi connectivity index (χ1v) is 5.73. The highest BCUT2D eigenvalue weighted by atomic mass is 35.5. The maximum absolute atomic E-state index is 11.1. The van der Waals surface area contributed by atoms with E-state index in [2.05, 4.69) is 5.32 Å². The van der Waals surface area contributed by atoms with E-state index in [1.165, 1.54) is 0 Å². The van der Waals surface area contributed by atoms with E-state index >= 15 is 0 Å². The smallest absolute Gasteiger partial charge is 0.325 e. The highest BCUT2D eigenvalue weighted by Gasteiger charge is 2.21. The van der Waals surface area contributed by atoms with Crippen molar-refractivity contribution in [2.75, 3.05) is 6.54 Å². The molecule has 1 unspecified atom stereocenters. The van der Waals surface area contributed by atoms with Gasteiger partial charge in [-0.25, -0.2) is 0 Å². The van der Waals surface area contributed by atoms with Gasteiger partial charge >= 0.3 is 5.97 Å². The molecule has 0 aromatic heterocycles. The summed E-state index contributed by atoms with van der Waals surface area (Å²) in [5.41, 5.74) is 0.534. The number of carboxylic acids is 1. The van der Waals surface area contributed by atoms with Crippen molar-refractivity contribution in [3.8, 4) is 0 Å². The first-order valence-electron chi connectivity index (χ1n) is 4.97. The second-order valence-electron chi connectivity index (χ2n) is 3.39. The van der Waals surface area contributed by atoms with Gasteiger partial charge in [0.15, 0.2) is 0 Å². The molecule has 5 heteroatoms. The molecule has 16 heavy (non-hydrogen) atoms. The number of hydrogen-bond donors (Lipinski definition) is 2. The zero-order chi connectivity index (χ0) is 12.1. The van der Waals surface area contributed by atoms with E-state index in [0.29, 0.717) is 22.2 Å².